The molecule has 4 nitrogen and oxygen atoms in total. The van der Waals surface area contributed by atoms with E-state index in [2.05, 4.69) is 84.9 Å². The number of aliphatic hydroxyl groups is 2. The summed E-state index contributed by atoms with van der Waals surface area (Å²) in [6.45, 7) is 17.3. The summed E-state index contributed by atoms with van der Waals surface area (Å²) in [5, 5.41) is 19.1. The molecular formula is C39H60O4. The van der Waals surface area contributed by atoms with Crippen LogP contribution < -0.4 is 9.47 Å². The average Bonchev–Trinajstić information content (AvgIpc) is 2.99. The first-order valence-electron chi connectivity index (χ1n) is 17.4. The molecule has 4 heteroatoms. The molecule has 0 aliphatic heterocycles. The highest BCUT2D eigenvalue weighted by molar-refractivity contribution is 5.47. The molecule has 2 saturated carbocycles. The number of benzene rings is 2. The van der Waals surface area contributed by atoms with Gasteiger partial charge in [-0.1, -0.05) is 85.6 Å². The molecule has 0 spiro atoms. The highest BCUT2D eigenvalue weighted by Gasteiger charge is 2.36. The lowest BCUT2D eigenvalue weighted by atomic mass is 9.66. The lowest BCUT2D eigenvalue weighted by Crippen LogP contribution is -2.27. The zero-order valence-corrected chi connectivity index (χ0v) is 28.1. The molecule has 240 valence electrons. The first-order valence-corrected chi connectivity index (χ1v) is 17.4. The molecule has 2 aromatic carbocycles. The molecule has 0 bridgehead atoms. The lowest BCUT2D eigenvalue weighted by molar-refractivity contribution is 0.181. The van der Waals surface area contributed by atoms with E-state index in [-0.39, 0.29) is 19.1 Å². The van der Waals surface area contributed by atoms with Crippen molar-refractivity contribution in [2.45, 2.75) is 111 Å². The second kappa shape index (κ2) is 15.8. The summed E-state index contributed by atoms with van der Waals surface area (Å²) in [4.78, 5) is 0. The van der Waals surface area contributed by atoms with E-state index in [0.717, 1.165) is 17.9 Å². The van der Waals surface area contributed by atoms with Crippen LogP contribution in [0.3, 0.4) is 0 Å². The first kappa shape index (κ1) is 33.8. The molecule has 4 rings (SSSR count). The van der Waals surface area contributed by atoms with Gasteiger partial charge < -0.3 is 19.7 Å². The van der Waals surface area contributed by atoms with Gasteiger partial charge in [-0.15, -0.1) is 0 Å². The summed E-state index contributed by atoms with van der Waals surface area (Å²) < 4.78 is 12.4. The topological polar surface area (TPSA) is 58.9 Å². The third-order valence-corrected chi connectivity index (χ3v) is 10.8. The molecular weight excluding hydrogens is 532 g/mol. The third-order valence-electron chi connectivity index (χ3n) is 10.8. The van der Waals surface area contributed by atoms with Crippen molar-refractivity contribution in [2.75, 3.05) is 26.4 Å². The van der Waals surface area contributed by atoms with E-state index in [0.29, 0.717) is 60.6 Å². The van der Waals surface area contributed by atoms with Gasteiger partial charge >= 0.3 is 0 Å². The molecule has 2 N–H and O–H groups in total. The van der Waals surface area contributed by atoms with Gasteiger partial charge in [0.1, 0.15) is 24.7 Å². The van der Waals surface area contributed by atoms with Crippen LogP contribution in [0.25, 0.3) is 0 Å². The fraction of sp³-hybridized carbons (Fsp3) is 0.692. The van der Waals surface area contributed by atoms with Gasteiger partial charge in [-0.05, 0) is 114 Å². The highest BCUT2D eigenvalue weighted by atomic mass is 16.5. The van der Waals surface area contributed by atoms with Crippen LogP contribution >= 0.6 is 0 Å². The van der Waals surface area contributed by atoms with Crippen LogP contribution in [0.1, 0.15) is 133 Å². The van der Waals surface area contributed by atoms with Crippen molar-refractivity contribution < 1.29 is 19.7 Å². The zero-order valence-electron chi connectivity index (χ0n) is 28.1. The number of rotatable bonds is 13. The Morgan fingerprint density at radius 3 is 1.44 bits per heavy atom. The smallest absolute Gasteiger partial charge is 0.122 e. The van der Waals surface area contributed by atoms with Crippen molar-refractivity contribution >= 4 is 0 Å². The Morgan fingerprint density at radius 2 is 1.09 bits per heavy atom. The highest BCUT2D eigenvalue weighted by Crippen LogP contribution is 2.49. The van der Waals surface area contributed by atoms with E-state index in [1.807, 2.05) is 0 Å². The molecule has 6 atom stereocenters. The fourth-order valence-electron chi connectivity index (χ4n) is 8.50. The summed E-state index contributed by atoms with van der Waals surface area (Å²) in [6, 6.07) is 13.8. The molecule has 6 unspecified atom stereocenters. The summed E-state index contributed by atoms with van der Waals surface area (Å²) in [5.41, 5.74) is 5.36. The van der Waals surface area contributed by atoms with Crippen LogP contribution in [0.4, 0.5) is 0 Å². The third kappa shape index (κ3) is 8.17. The number of hydrogen-bond acceptors (Lipinski definition) is 4. The van der Waals surface area contributed by atoms with Gasteiger partial charge in [-0.2, -0.15) is 0 Å². The van der Waals surface area contributed by atoms with Gasteiger partial charge in [0.2, 0.25) is 0 Å². The molecule has 0 saturated heterocycles. The Kier molecular flexibility index (Phi) is 12.4. The minimum absolute atomic E-state index is 0.0259. The normalized spacial score (nSPS) is 27.0. The largest absolute Gasteiger partial charge is 0.491 e. The van der Waals surface area contributed by atoms with E-state index in [4.69, 9.17) is 9.47 Å². The quantitative estimate of drug-likeness (QED) is 0.243. The maximum Gasteiger partial charge on any atom is 0.122 e. The predicted octanol–water partition coefficient (Wildman–Crippen LogP) is 9.32. The van der Waals surface area contributed by atoms with E-state index >= 15 is 0 Å². The van der Waals surface area contributed by atoms with Crippen LogP contribution in [0.2, 0.25) is 0 Å². The Labute approximate surface area is 262 Å². The van der Waals surface area contributed by atoms with E-state index < -0.39 is 0 Å². The van der Waals surface area contributed by atoms with Crippen molar-refractivity contribution in [3.8, 4) is 11.5 Å². The summed E-state index contributed by atoms with van der Waals surface area (Å²) in [6.07, 6.45) is 8.52. The van der Waals surface area contributed by atoms with Crippen LogP contribution in [-0.2, 0) is 0 Å². The number of ether oxygens (including phenoxy) is 2. The van der Waals surface area contributed by atoms with Crippen molar-refractivity contribution in [1.29, 1.82) is 0 Å². The summed E-state index contributed by atoms with van der Waals surface area (Å²) in [7, 11) is 0. The molecule has 0 heterocycles. The van der Waals surface area contributed by atoms with Crippen LogP contribution in [0.5, 0.6) is 11.5 Å². The summed E-state index contributed by atoms with van der Waals surface area (Å²) in [5.74, 6) is 7.03. The predicted molar refractivity (Wildman–Crippen MR) is 178 cm³/mol. The monoisotopic (exact) mass is 592 g/mol. The SMILES string of the molecule is CCC(c1ccc(OCCO)c(C2CC(C)CCC2C(C)C)c1)c1ccc(OCCO)c(C2CC(C)CCC2C(C)C)c1. The van der Waals surface area contributed by atoms with Crippen LogP contribution in [0.15, 0.2) is 36.4 Å². The number of aliphatic hydroxyl groups excluding tert-OH is 2. The molecule has 0 radical (unpaired) electrons. The number of hydrogen-bond donors (Lipinski definition) is 2. The minimum Gasteiger partial charge on any atom is -0.491 e. The second-order valence-electron chi connectivity index (χ2n) is 14.6. The maximum atomic E-state index is 9.57. The van der Waals surface area contributed by atoms with Crippen LogP contribution in [-0.4, -0.2) is 36.6 Å². The average molecular weight is 593 g/mol. The van der Waals surface area contributed by atoms with Crippen molar-refractivity contribution in [2.24, 2.45) is 35.5 Å². The van der Waals surface area contributed by atoms with Crippen molar-refractivity contribution in [1.82, 2.24) is 0 Å². The standard InChI is InChI=1S/C39H60O4/c1-8-31(29-11-15-38(42-19-17-40)36(23-29)34-21-27(6)9-13-32(34)25(2)3)30-12-16-39(43-20-18-41)37(24-30)35-22-28(7)10-14-33(35)26(4)5/h11-12,15-16,23-28,31-35,40-41H,8-10,13-14,17-22H2,1-7H3. The van der Waals surface area contributed by atoms with E-state index in [1.165, 1.54) is 60.8 Å². The molecule has 0 amide bonds. The summed E-state index contributed by atoms with van der Waals surface area (Å²) >= 11 is 0. The zero-order chi connectivity index (χ0) is 31.1. The molecule has 2 fully saturated rings. The van der Waals surface area contributed by atoms with E-state index in [9.17, 15) is 10.2 Å². The van der Waals surface area contributed by atoms with Gasteiger partial charge in [0.05, 0.1) is 13.2 Å². The van der Waals surface area contributed by atoms with Gasteiger partial charge in [0, 0.05) is 5.92 Å². The van der Waals surface area contributed by atoms with Crippen LogP contribution in [0, 0.1) is 35.5 Å². The van der Waals surface area contributed by atoms with E-state index in [1.54, 1.807) is 0 Å². The molecule has 2 aliphatic carbocycles. The molecule has 0 aromatic heterocycles. The fourth-order valence-corrected chi connectivity index (χ4v) is 8.50. The maximum absolute atomic E-state index is 9.57. The Hall–Kier alpha value is -2.04. The Morgan fingerprint density at radius 1 is 0.674 bits per heavy atom. The van der Waals surface area contributed by atoms with Crippen molar-refractivity contribution in [3.05, 3.63) is 58.7 Å². The Bertz CT molecular complexity index is 1050. The van der Waals surface area contributed by atoms with Gasteiger partial charge in [-0.3, -0.25) is 0 Å². The lowest BCUT2D eigenvalue weighted by Gasteiger charge is -2.39. The molecule has 2 aromatic rings. The first-order chi connectivity index (χ1) is 20.7. The molecule has 43 heavy (non-hydrogen) atoms. The second-order valence-corrected chi connectivity index (χ2v) is 14.6. The Balaban J connectivity index is 1.78. The van der Waals surface area contributed by atoms with Gasteiger partial charge in [0.25, 0.3) is 0 Å². The van der Waals surface area contributed by atoms with Gasteiger partial charge in [0.15, 0.2) is 0 Å². The molecule has 2 aliphatic rings. The van der Waals surface area contributed by atoms with Gasteiger partial charge in [-0.25, -0.2) is 0 Å². The minimum atomic E-state index is 0.0259. The van der Waals surface area contributed by atoms with Crippen molar-refractivity contribution in [3.63, 3.8) is 0 Å².